The zero-order valence-electron chi connectivity index (χ0n) is 9.67. The highest BCUT2D eigenvalue weighted by molar-refractivity contribution is 6.18. The Bertz CT molecular complexity index is 196. The Kier molecular flexibility index (Phi) is 6.07. The fraction of sp³-hybridized carbons (Fsp3) is 0.917. The SMILES string of the molecule is CCCCCCC(=O)N1CCCC1CCl. The Balaban J connectivity index is 2.21. The van der Waals surface area contributed by atoms with Crippen molar-refractivity contribution in [2.45, 2.75) is 57.9 Å². The molecule has 1 aliphatic rings. The Morgan fingerprint density at radius 1 is 1.40 bits per heavy atom. The molecule has 1 amide bonds. The smallest absolute Gasteiger partial charge is 0.222 e. The van der Waals surface area contributed by atoms with Crippen LogP contribution in [0.5, 0.6) is 0 Å². The van der Waals surface area contributed by atoms with Crippen molar-refractivity contribution in [3.05, 3.63) is 0 Å². The third-order valence-electron chi connectivity index (χ3n) is 3.12. The van der Waals surface area contributed by atoms with E-state index in [0.29, 0.717) is 24.2 Å². The molecule has 0 bridgehead atoms. The monoisotopic (exact) mass is 231 g/mol. The lowest BCUT2D eigenvalue weighted by atomic mass is 10.1. The summed E-state index contributed by atoms with van der Waals surface area (Å²) in [4.78, 5) is 13.8. The van der Waals surface area contributed by atoms with Crippen molar-refractivity contribution < 1.29 is 4.79 Å². The first-order chi connectivity index (χ1) is 7.29. The van der Waals surface area contributed by atoms with Crippen molar-refractivity contribution >= 4 is 17.5 Å². The molecule has 3 heteroatoms. The summed E-state index contributed by atoms with van der Waals surface area (Å²) in [6.45, 7) is 3.11. The summed E-state index contributed by atoms with van der Waals surface area (Å²) in [5.74, 6) is 0.912. The van der Waals surface area contributed by atoms with Crippen LogP contribution in [0, 0.1) is 0 Å². The van der Waals surface area contributed by atoms with E-state index in [0.717, 1.165) is 25.8 Å². The molecule has 1 rings (SSSR count). The van der Waals surface area contributed by atoms with E-state index in [9.17, 15) is 4.79 Å². The van der Waals surface area contributed by atoms with Crippen molar-refractivity contribution in [3.8, 4) is 0 Å². The third kappa shape index (κ3) is 4.02. The van der Waals surface area contributed by atoms with Crippen molar-refractivity contribution in [2.75, 3.05) is 12.4 Å². The predicted octanol–water partition coefficient (Wildman–Crippen LogP) is 3.19. The largest absolute Gasteiger partial charge is 0.339 e. The van der Waals surface area contributed by atoms with E-state index in [4.69, 9.17) is 11.6 Å². The van der Waals surface area contributed by atoms with Crippen LogP contribution >= 0.6 is 11.6 Å². The van der Waals surface area contributed by atoms with Gasteiger partial charge in [-0.05, 0) is 19.3 Å². The van der Waals surface area contributed by atoms with Crippen LogP contribution in [-0.2, 0) is 4.79 Å². The van der Waals surface area contributed by atoms with Gasteiger partial charge in [0.05, 0.1) is 0 Å². The van der Waals surface area contributed by atoms with Gasteiger partial charge in [-0.25, -0.2) is 0 Å². The lowest BCUT2D eigenvalue weighted by Gasteiger charge is -2.22. The fourth-order valence-corrected chi connectivity index (χ4v) is 2.49. The molecule has 0 aromatic carbocycles. The molecule has 0 saturated carbocycles. The van der Waals surface area contributed by atoms with Crippen molar-refractivity contribution in [2.24, 2.45) is 0 Å². The minimum atomic E-state index is 0.311. The first-order valence-corrected chi connectivity index (χ1v) is 6.68. The Morgan fingerprint density at radius 2 is 2.20 bits per heavy atom. The van der Waals surface area contributed by atoms with Gasteiger partial charge in [0, 0.05) is 24.9 Å². The lowest BCUT2D eigenvalue weighted by Crippen LogP contribution is -2.36. The highest BCUT2D eigenvalue weighted by Crippen LogP contribution is 2.20. The second-order valence-corrected chi connectivity index (χ2v) is 4.66. The standard InChI is InChI=1S/C12H22ClNO/c1-2-3-4-5-8-12(15)14-9-6-7-11(14)10-13/h11H,2-10H2,1H3. The summed E-state index contributed by atoms with van der Waals surface area (Å²) in [6.07, 6.45) is 7.61. The fourth-order valence-electron chi connectivity index (χ4n) is 2.17. The van der Waals surface area contributed by atoms with E-state index in [1.54, 1.807) is 0 Å². The Hall–Kier alpha value is -0.240. The molecule has 88 valence electrons. The molecule has 1 aliphatic heterocycles. The van der Waals surface area contributed by atoms with Crippen LogP contribution in [0.4, 0.5) is 0 Å². The summed E-state index contributed by atoms with van der Waals surface area (Å²) in [7, 11) is 0. The maximum atomic E-state index is 11.8. The number of hydrogen-bond acceptors (Lipinski definition) is 1. The van der Waals surface area contributed by atoms with Crippen LogP contribution in [0.25, 0.3) is 0 Å². The van der Waals surface area contributed by atoms with Gasteiger partial charge in [0.1, 0.15) is 0 Å². The molecule has 0 spiro atoms. The molecule has 1 atom stereocenters. The van der Waals surface area contributed by atoms with Gasteiger partial charge in [-0.2, -0.15) is 0 Å². The van der Waals surface area contributed by atoms with Crippen LogP contribution in [0.2, 0.25) is 0 Å². The highest BCUT2D eigenvalue weighted by Gasteiger charge is 2.26. The maximum Gasteiger partial charge on any atom is 0.222 e. The summed E-state index contributed by atoms with van der Waals surface area (Å²) in [5.41, 5.74) is 0. The average Bonchev–Trinajstić information content (AvgIpc) is 2.72. The molecule has 0 radical (unpaired) electrons. The van der Waals surface area contributed by atoms with Gasteiger partial charge in [0.25, 0.3) is 0 Å². The maximum absolute atomic E-state index is 11.8. The quantitative estimate of drug-likeness (QED) is 0.508. The van der Waals surface area contributed by atoms with Gasteiger partial charge in [0.2, 0.25) is 5.91 Å². The molecule has 1 heterocycles. The number of nitrogens with zero attached hydrogens (tertiary/aromatic N) is 1. The van der Waals surface area contributed by atoms with Crippen molar-refractivity contribution in [1.29, 1.82) is 0 Å². The number of likely N-dealkylation sites (tertiary alicyclic amines) is 1. The normalized spacial score (nSPS) is 20.9. The number of hydrogen-bond donors (Lipinski definition) is 0. The van der Waals surface area contributed by atoms with Crippen molar-refractivity contribution in [1.82, 2.24) is 4.90 Å². The van der Waals surface area contributed by atoms with Gasteiger partial charge in [0.15, 0.2) is 0 Å². The lowest BCUT2D eigenvalue weighted by molar-refractivity contribution is -0.131. The number of alkyl halides is 1. The number of halogens is 1. The topological polar surface area (TPSA) is 20.3 Å². The zero-order valence-corrected chi connectivity index (χ0v) is 10.4. The minimum Gasteiger partial charge on any atom is -0.339 e. The van der Waals surface area contributed by atoms with E-state index >= 15 is 0 Å². The van der Waals surface area contributed by atoms with Crippen LogP contribution in [0.15, 0.2) is 0 Å². The molecule has 0 aromatic heterocycles. The second-order valence-electron chi connectivity index (χ2n) is 4.35. The molecule has 2 nitrogen and oxygen atoms in total. The molecule has 1 unspecified atom stereocenters. The van der Waals surface area contributed by atoms with Crippen LogP contribution in [-0.4, -0.2) is 29.3 Å². The van der Waals surface area contributed by atoms with E-state index in [1.807, 2.05) is 4.90 Å². The van der Waals surface area contributed by atoms with Gasteiger partial charge in [-0.1, -0.05) is 26.2 Å². The molecule has 1 saturated heterocycles. The Morgan fingerprint density at radius 3 is 2.87 bits per heavy atom. The summed E-state index contributed by atoms with van der Waals surface area (Å²) in [6, 6.07) is 0.311. The number of carbonyl (C=O) groups is 1. The van der Waals surface area contributed by atoms with Gasteiger partial charge < -0.3 is 4.90 Å². The third-order valence-corrected chi connectivity index (χ3v) is 3.48. The minimum absolute atomic E-state index is 0.311. The average molecular weight is 232 g/mol. The predicted molar refractivity (Wildman–Crippen MR) is 64.2 cm³/mol. The van der Waals surface area contributed by atoms with E-state index in [2.05, 4.69) is 6.92 Å². The molecular formula is C12H22ClNO. The van der Waals surface area contributed by atoms with Gasteiger partial charge >= 0.3 is 0 Å². The van der Waals surface area contributed by atoms with E-state index < -0.39 is 0 Å². The zero-order chi connectivity index (χ0) is 11.1. The molecule has 0 aliphatic carbocycles. The van der Waals surface area contributed by atoms with Gasteiger partial charge in [-0.3, -0.25) is 4.79 Å². The number of unbranched alkanes of at least 4 members (excludes halogenated alkanes) is 3. The second kappa shape index (κ2) is 7.10. The molecule has 0 N–H and O–H groups in total. The first kappa shape index (κ1) is 12.8. The molecule has 0 aromatic rings. The summed E-state index contributed by atoms with van der Waals surface area (Å²) < 4.78 is 0. The molecule has 15 heavy (non-hydrogen) atoms. The number of carbonyl (C=O) groups excluding carboxylic acids is 1. The molecule has 1 fully saturated rings. The van der Waals surface area contributed by atoms with Crippen molar-refractivity contribution in [3.63, 3.8) is 0 Å². The van der Waals surface area contributed by atoms with E-state index in [-0.39, 0.29) is 0 Å². The van der Waals surface area contributed by atoms with Crippen LogP contribution in [0.3, 0.4) is 0 Å². The number of rotatable bonds is 6. The van der Waals surface area contributed by atoms with Crippen LogP contribution in [0.1, 0.15) is 51.9 Å². The highest BCUT2D eigenvalue weighted by atomic mass is 35.5. The molecular weight excluding hydrogens is 210 g/mol. The van der Waals surface area contributed by atoms with Crippen LogP contribution < -0.4 is 0 Å². The van der Waals surface area contributed by atoms with Gasteiger partial charge in [-0.15, -0.1) is 11.6 Å². The summed E-state index contributed by atoms with van der Waals surface area (Å²) >= 11 is 5.84. The number of amides is 1. The first-order valence-electron chi connectivity index (χ1n) is 6.15. The Labute approximate surface area is 98.0 Å². The van der Waals surface area contributed by atoms with E-state index in [1.165, 1.54) is 19.3 Å². The summed E-state index contributed by atoms with van der Waals surface area (Å²) in [5, 5.41) is 0.